The van der Waals surface area contributed by atoms with Crippen molar-refractivity contribution in [1.29, 1.82) is 0 Å². The summed E-state index contributed by atoms with van der Waals surface area (Å²) < 4.78 is 13.4. The Balaban J connectivity index is 1.57. The van der Waals surface area contributed by atoms with Crippen LogP contribution >= 0.6 is 0 Å². The molecule has 0 bridgehead atoms. The number of hydrogen-bond donors (Lipinski definition) is 3. The SMILES string of the molecule is C[C@H]1CC[C@H](NCCC(c2ccc(F)nc2)c2cc(N)nc3[nH]nnc23)CC1. The van der Waals surface area contributed by atoms with Crippen LogP contribution in [0.2, 0.25) is 0 Å². The summed E-state index contributed by atoms with van der Waals surface area (Å²) in [5.41, 5.74) is 9.11. The van der Waals surface area contributed by atoms with Crippen molar-refractivity contribution in [2.75, 3.05) is 12.3 Å². The van der Waals surface area contributed by atoms with Gasteiger partial charge in [0.15, 0.2) is 5.65 Å². The van der Waals surface area contributed by atoms with E-state index in [4.69, 9.17) is 5.73 Å². The molecule has 8 heteroatoms. The summed E-state index contributed by atoms with van der Waals surface area (Å²) in [7, 11) is 0. The lowest BCUT2D eigenvalue weighted by atomic mass is 9.86. The molecule has 4 rings (SSSR count). The molecule has 4 N–H and O–H groups in total. The number of aromatic nitrogens is 5. The van der Waals surface area contributed by atoms with E-state index in [1.54, 1.807) is 12.3 Å². The molecule has 0 saturated heterocycles. The summed E-state index contributed by atoms with van der Waals surface area (Å²) >= 11 is 0. The van der Waals surface area contributed by atoms with Crippen LogP contribution in [0.4, 0.5) is 10.2 Å². The van der Waals surface area contributed by atoms with Crippen LogP contribution in [-0.4, -0.2) is 38.0 Å². The zero-order valence-corrected chi connectivity index (χ0v) is 16.0. The molecule has 1 fully saturated rings. The van der Waals surface area contributed by atoms with Crippen LogP contribution in [0.25, 0.3) is 11.2 Å². The summed E-state index contributed by atoms with van der Waals surface area (Å²) in [6.07, 6.45) is 7.42. The number of H-pyrrole nitrogens is 1. The molecule has 1 unspecified atom stereocenters. The van der Waals surface area contributed by atoms with Gasteiger partial charge >= 0.3 is 0 Å². The van der Waals surface area contributed by atoms with Crippen molar-refractivity contribution in [1.82, 2.24) is 30.7 Å². The third-order valence-electron chi connectivity index (χ3n) is 5.76. The number of nitrogen functional groups attached to an aromatic ring is 1. The van der Waals surface area contributed by atoms with Crippen molar-refractivity contribution < 1.29 is 4.39 Å². The molecule has 28 heavy (non-hydrogen) atoms. The molecule has 0 amide bonds. The van der Waals surface area contributed by atoms with Crippen LogP contribution in [0.15, 0.2) is 24.4 Å². The van der Waals surface area contributed by atoms with Gasteiger partial charge in [-0.1, -0.05) is 18.2 Å². The second-order valence-corrected chi connectivity index (χ2v) is 7.81. The van der Waals surface area contributed by atoms with Gasteiger partial charge in [0.05, 0.1) is 0 Å². The molecule has 3 heterocycles. The highest BCUT2D eigenvalue weighted by Gasteiger charge is 2.22. The van der Waals surface area contributed by atoms with Crippen LogP contribution < -0.4 is 11.1 Å². The Morgan fingerprint density at radius 2 is 2.11 bits per heavy atom. The van der Waals surface area contributed by atoms with Crippen LogP contribution in [-0.2, 0) is 0 Å². The predicted molar refractivity (Wildman–Crippen MR) is 106 cm³/mol. The van der Waals surface area contributed by atoms with Crippen molar-refractivity contribution in [3.63, 3.8) is 0 Å². The van der Waals surface area contributed by atoms with E-state index >= 15 is 0 Å². The Morgan fingerprint density at radius 3 is 2.86 bits per heavy atom. The maximum atomic E-state index is 13.4. The molecular formula is C20H26FN7. The van der Waals surface area contributed by atoms with Crippen LogP contribution in [0.5, 0.6) is 0 Å². The standard InChI is InChI=1S/C20H26FN7/c1-12-2-5-14(6-3-12)23-9-8-15(13-4-7-17(21)24-11-13)16-10-18(22)25-20-19(16)26-28-27-20/h4,7,10-12,14-15,23H,2-3,5-6,8-9H2,1H3,(H3,22,25,26,27,28)/t12-,14-,15?. The summed E-state index contributed by atoms with van der Waals surface area (Å²) in [5, 5.41) is 14.5. The van der Waals surface area contributed by atoms with E-state index in [0.29, 0.717) is 23.0 Å². The lowest BCUT2D eigenvalue weighted by Crippen LogP contribution is -2.34. The fourth-order valence-electron chi connectivity index (χ4n) is 4.14. The van der Waals surface area contributed by atoms with Crippen LogP contribution in [0.1, 0.15) is 56.1 Å². The van der Waals surface area contributed by atoms with Gasteiger partial charge in [0, 0.05) is 18.2 Å². The van der Waals surface area contributed by atoms with Crippen LogP contribution in [0.3, 0.4) is 0 Å². The Morgan fingerprint density at radius 1 is 1.29 bits per heavy atom. The van der Waals surface area contributed by atoms with Gasteiger partial charge in [0.1, 0.15) is 11.3 Å². The topological polar surface area (TPSA) is 105 Å². The van der Waals surface area contributed by atoms with Gasteiger partial charge in [0.25, 0.3) is 0 Å². The lowest BCUT2D eigenvalue weighted by Gasteiger charge is -2.28. The summed E-state index contributed by atoms with van der Waals surface area (Å²) in [4.78, 5) is 8.10. The third kappa shape index (κ3) is 4.11. The smallest absolute Gasteiger partial charge is 0.212 e. The Labute approximate surface area is 163 Å². The number of nitrogens with two attached hydrogens (primary N) is 1. The molecule has 0 aliphatic heterocycles. The molecule has 7 nitrogen and oxygen atoms in total. The summed E-state index contributed by atoms with van der Waals surface area (Å²) in [5.74, 6) is 0.720. The largest absolute Gasteiger partial charge is 0.384 e. The zero-order chi connectivity index (χ0) is 19.5. The second-order valence-electron chi connectivity index (χ2n) is 7.81. The van der Waals surface area contributed by atoms with E-state index in [0.717, 1.165) is 30.0 Å². The number of nitrogens with zero attached hydrogens (tertiary/aromatic N) is 4. The number of nitrogens with one attached hydrogen (secondary N) is 2. The number of rotatable bonds is 6. The molecule has 1 aliphatic carbocycles. The number of fused-ring (bicyclic) bond motifs is 1. The minimum atomic E-state index is -0.488. The van der Waals surface area contributed by atoms with Crippen molar-refractivity contribution in [2.24, 2.45) is 5.92 Å². The average Bonchev–Trinajstić information content (AvgIpc) is 3.15. The van der Waals surface area contributed by atoms with E-state index in [1.807, 2.05) is 6.07 Å². The minimum Gasteiger partial charge on any atom is -0.384 e. The highest BCUT2D eigenvalue weighted by molar-refractivity contribution is 5.77. The number of halogens is 1. The predicted octanol–water partition coefficient (Wildman–Crippen LogP) is 3.16. The highest BCUT2D eigenvalue weighted by atomic mass is 19.1. The Kier molecular flexibility index (Phi) is 5.47. The molecule has 1 atom stereocenters. The highest BCUT2D eigenvalue weighted by Crippen LogP contribution is 2.32. The van der Waals surface area contributed by atoms with E-state index < -0.39 is 5.95 Å². The van der Waals surface area contributed by atoms with Gasteiger partial charge in [-0.3, -0.25) is 0 Å². The third-order valence-corrected chi connectivity index (χ3v) is 5.76. The number of aromatic amines is 1. The monoisotopic (exact) mass is 383 g/mol. The maximum Gasteiger partial charge on any atom is 0.212 e. The second kappa shape index (κ2) is 8.18. The summed E-state index contributed by atoms with van der Waals surface area (Å²) in [6.45, 7) is 3.17. The first-order valence-corrected chi connectivity index (χ1v) is 9.92. The van der Waals surface area contributed by atoms with Gasteiger partial charge in [-0.05, 0) is 67.8 Å². The Bertz CT molecular complexity index is 916. The number of pyridine rings is 2. The summed E-state index contributed by atoms with van der Waals surface area (Å²) in [6, 6.07) is 5.57. The van der Waals surface area contributed by atoms with Gasteiger partial charge in [-0.2, -0.15) is 4.39 Å². The van der Waals surface area contributed by atoms with Crippen molar-refractivity contribution in [2.45, 2.75) is 51.0 Å². The minimum absolute atomic E-state index is 0.0268. The molecule has 1 aliphatic rings. The van der Waals surface area contributed by atoms with E-state index in [2.05, 4.69) is 37.6 Å². The van der Waals surface area contributed by atoms with Gasteiger partial charge in [-0.15, -0.1) is 5.10 Å². The zero-order valence-electron chi connectivity index (χ0n) is 16.0. The van der Waals surface area contributed by atoms with E-state index in [-0.39, 0.29) is 5.92 Å². The first-order chi connectivity index (χ1) is 13.6. The molecule has 148 valence electrons. The molecule has 0 spiro atoms. The maximum absolute atomic E-state index is 13.4. The van der Waals surface area contributed by atoms with Crippen molar-refractivity contribution >= 4 is 17.0 Å². The molecule has 0 aromatic carbocycles. The van der Waals surface area contributed by atoms with Gasteiger partial charge in [-0.25, -0.2) is 15.1 Å². The van der Waals surface area contributed by atoms with Crippen LogP contribution in [0, 0.1) is 11.9 Å². The van der Waals surface area contributed by atoms with Gasteiger partial charge in [0.2, 0.25) is 5.95 Å². The van der Waals surface area contributed by atoms with Crippen molar-refractivity contribution in [3.8, 4) is 0 Å². The Hall–Kier alpha value is -2.61. The van der Waals surface area contributed by atoms with E-state index in [1.165, 1.54) is 31.7 Å². The molecular weight excluding hydrogens is 357 g/mol. The average molecular weight is 383 g/mol. The molecule has 1 saturated carbocycles. The number of hydrogen-bond acceptors (Lipinski definition) is 6. The fourth-order valence-corrected chi connectivity index (χ4v) is 4.14. The molecule has 3 aromatic rings. The molecule has 0 radical (unpaired) electrons. The first-order valence-electron chi connectivity index (χ1n) is 9.92. The quantitative estimate of drug-likeness (QED) is 0.565. The fraction of sp³-hybridized carbons (Fsp3) is 0.500. The lowest BCUT2D eigenvalue weighted by molar-refractivity contribution is 0.306. The molecule has 3 aromatic heterocycles. The first kappa shape index (κ1) is 18.7. The normalized spacial score (nSPS) is 21.1. The van der Waals surface area contributed by atoms with Crippen molar-refractivity contribution in [3.05, 3.63) is 41.5 Å². The van der Waals surface area contributed by atoms with E-state index in [9.17, 15) is 4.39 Å². The van der Waals surface area contributed by atoms with Gasteiger partial charge < -0.3 is 11.1 Å². The number of anilines is 1.